The summed E-state index contributed by atoms with van der Waals surface area (Å²) in [7, 11) is 0. The summed E-state index contributed by atoms with van der Waals surface area (Å²) in [5, 5.41) is 9.24. The molecular formula is C9H12N2O2. The molecular weight excluding hydrogens is 168 g/mol. The first-order valence-electron chi connectivity index (χ1n) is 3.87. The Bertz CT molecular complexity index is 336. The van der Waals surface area contributed by atoms with Gasteiger partial charge >= 0.3 is 0 Å². The summed E-state index contributed by atoms with van der Waals surface area (Å²) in [6, 6.07) is 3.86. The van der Waals surface area contributed by atoms with Gasteiger partial charge in [0, 0.05) is 0 Å². The van der Waals surface area contributed by atoms with Crippen molar-refractivity contribution >= 4 is 11.5 Å². The van der Waals surface area contributed by atoms with Crippen molar-refractivity contribution in [3.8, 4) is 5.75 Å². The van der Waals surface area contributed by atoms with Crippen molar-refractivity contribution in [1.29, 1.82) is 0 Å². The molecule has 1 rings (SSSR count). The summed E-state index contributed by atoms with van der Waals surface area (Å²) < 4.78 is 0. The van der Waals surface area contributed by atoms with Crippen molar-refractivity contribution < 1.29 is 9.90 Å². The van der Waals surface area contributed by atoms with E-state index in [1.165, 1.54) is 19.1 Å². The number of Topliss-reactive ketones (excluding diaryl/α,β-unsaturated/α-hetero) is 1. The van der Waals surface area contributed by atoms with E-state index in [2.05, 4.69) is 0 Å². The van der Waals surface area contributed by atoms with E-state index in [4.69, 9.17) is 11.5 Å². The Kier molecular flexibility index (Phi) is 2.53. The number of phenolic OH excluding ortho intramolecular Hbond substituents is 1. The highest BCUT2D eigenvalue weighted by Gasteiger charge is 2.11. The highest BCUT2D eigenvalue weighted by atomic mass is 16.3. The summed E-state index contributed by atoms with van der Waals surface area (Å²) in [6.07, 6.45) is 0. The van der Waals surface area contributed by atoms with Gasteiger partial charge in [-0.25, -0.2) is 0 Å². The van der Waals surface area contributed by atoms with Crippen LogP contribution in [0.1, 0.15) is 18.5 Å². The topological polar surface area (TPSA) is 89.3 Å². The van der Waals surface area contributed by atoms with Crippen LogP contribution in [0.15, 0.2) is 18.2 Å². The van der Waals surface area contributed by atoms with Gasteiger partial charge in [0.05, 0.1) is 11.7 Å². The number of hydrogen-bond donors (Lipinski definition) is 3. The Morgan fingerprint density at radius 3 is 2.62 bits per heavy atom. The first-order chi connectivity index (χ1) is 6.02. The van der Waals surface area contributed by atoms with Crippen molar-refractivity contribution in [3.63, 3.8) is 0 Å². The molecule has 0 saturated carbocycles. The third kappa shape index (κ3) is 1.97. The molecule has 4 heteroatoms. The number of ketones is 1. The molecule has 0 aliphatic carbocycles. The number of aromatic hydroxyl groups is 1. The highest BCUT2D eigenvalue weighted by Crippen LogP contribution is 2.23. The predicted octanol–water partition coefficient (Wildman–Crippen LogP) is 0.563. The molecule has 4 nitrogen and oxygen atoms in total. The summed E-state index contributed by atoms with van der Waals surface area (Å²) in [6.45, 7) is 1.40. The Hall–Kier alpha value is -1.55. The first kappa shape index (κ1) is 9.54. The van der Waals surface area contributed by atoms with Gasteiger partial charge in [-0.3, -0.25) is 4.79 Å². The molecule has 0 heterocycles. The lowest BCUT2D eigenvalue weighted by atomic mass is 10.0. The minimum Gasteiger partial charge on any atom is -0.506 e. The van der Waals surface area contributed by atoms with Crippen LogP contribution < -0.4 is 11.5 Å². The maximum absolute atomic E-state index is 10.9. The van der Waals surface area contributed by atoms with Crippen LogP contribution in [0.3, 0.4) is 0 Å². The quantitative estimate of drug-likeness (QED) is 0.458. The zero-order valence-corrected chi connectivity index (χ0v) is 7.32. The highest BCUT2D eigenvalue weighted by molar-refractivity contribution is 5.83. The second-order valence-corrected chi connectivity index (χ2v) is 2.91. The van der Waals surface area contributed by atoms with Crippen LogP contribution in [-0.2, 0) is 4.79 Å². The lowest BCUT2D eigenvalue weighted by Gasteiger charge is -2.08. The zero-order valence-electron chi connectivity index (χ0n) is 7.32. The van der Waals surface area contributed by atoms with Gasteiger partial charge in [0.15, 0.2) is 5.78 Å². The largest absolute Gasteiger partial charge is 0.506 e. The van der Waals surface area contributed by atoms with Crippen LogP contribution in [0.25, 0.3) is 0 Å². The summed E-state index contributed by atoms with van der Waals surface area (Å²) in [4.78, 5) is 10.9. The van der Waals surface area contributed by atoms with Crippen molar-refractivity contribution in [2.24, 2.45) is 5.73 Å². The first-order valence-corrected chi connectivity index (χ1v) is 3.87. The molecule has 0 bridgehead atoms. The minimum atomic E-state index is -0.688. The van der Waals surface area contributed by atoms with E-state index in [0.29, 0.717) is 5.56 Å². The Balaban J connectivity index is 3.03. The predicted molar refractivity (Wildman–Crippen MR) is 50.1 cm³/mol. The van der Waals surface area contributed by atoms with Gasteiger partial charge in [0.25, 0.3) is 0 Å². The second-order valence-electron chi connectivity index (χ2n) is 2.91. The van der Waals surface area contributed by atoms with E-state index >= 15 is 0 Å². The fourth-order valence-corrected chi connectivity index (χ4v) is 0.989. The molecule has 1 aromatic carbocycles. The number of nitrogens with two attached hydrogens (primary N) is 2. The van der Waals surface area contributed by atoms with Crippen molar-refractivity contribution in [1.82, 2.24) is 0 Å². The van der Waals surface area contributed by atoms with Crippen LogP contribution in [0.4, 0.5) is 5.69 Å². The van der Waals surface area contributed by atoms with Crippen LogP contribution >= 0.6 is 0 Å². The molecule has 5 N–H and O–H groups in total. The zero-order chi connectivity index (χ0) is 10.0. The van der Waals surface area contributed by atoms with E-state index in [1.54, 1.807) is 6.07 Å². The maximum atomic E-state index is 10.9. The van der Waals surface area contributed by atoms with Gasteiger partial charge in [-0.15, -0.1) is 0 Å². The molecule has 0 amide bonds. The lowest BCUT2D eigenvalue weighted by molar-refractivity contribution is -0.118. The number of carbonyl (C=O) groups is 1. The van der Waals surface area contributed by atoms with E-state index in [0.717, 1.165) is 0 Å². The van der Waals surface area contributed by atoms with Gasteiger partial charge in [-0.05, 0) is 24.6 Å². The third-order valence-electron chi connectivity index (χ3n) is 1.85. The van der Waals surface area contributed by atoms with E-state index in [-0.39, 0.29) is 17.2 Å². The number of phenols is 1. The average Bonchev–Trinajstić information content (AvgIpc) is 2.08. The number of carbonyl (C=O) groups excluding carboxylic acids is 1. The van der Waals surface area contributed by atoms with Crippen LogP contribution in [-0.4, -0.2) is 10.9 Å². The number of nitrogen functional groups attached to an aromatic ring is 1. The Morgan fingerprint density at radius 2 is 2.15 bits per heavy atom. The van der Waals surface area contributed by atoms with Crippen molar-refractivity contribution in [2.75, 3.05) is 5.73 Å². The van der Waals surface area contributed by atoms with Gasteiger partial charge in [0.1, 0.15) is 5.75 Å². The second kappa shape index (κ2) is 3.45. The monoisotopic (exact) mass is 180 g/mol. The molecule has 1 atom stereocenters. The Labute approximate surface area is 76.2 Å². The standard InChI is InChI=1S/C9H12N2O2/c1-5(12)9(11)6-2-3-7(10)8(13)4-6/h2-4,9,13H,10-11H2,1H3. The van der Waals surface area contributed by atoms with E-state index < -0.39 is 6.04 Å². The summed E-state index contributed by atoms with van der Waals surface area (Å²) >= 11 is 0. The number of benzene rings is 1. The Morgan fingerprint density at radius 1 is 1.54 bits per heavy atom. The number of rotatable bonds is 2. The molecule has 0 fully saturated rings. The normalized spacial score (nSPS) is 12.5. The minimum absolute atomic E-state index is 0.0470. The lowest BCUT2D eigenvalue weighted by Crippen LogP contribution is -2.18. The molecule has 70 valence electrons. The average molecular weight is 180 g/mol. The van der Waals surface area contributed by atoms with E-state index in [1.807, 2.05) is 0 Å². The number of hydrogen-bond acceptors (Lipinski definition) is 4. The SMILES string of the molecule is CC(=O)C(N)c1ccc(N)c(O)c1. The van der Waals surface area contributed by atoms with Gasteiger partial charge in [-0.1, -0.05) is 6.07 Å². The summed E-state index contributed by atoms with van der Waals surface area (Å²) in [5.41, 5.74) is 11.8. The number of anilines is 1. The molecule has 0 spiro atoms. The molecule has 0 aliphatic heterocycles. The van der Waals surface area contributed by atoms with Gasteiger partial charge in [0.2, 0.25) is 0 Å². The van der Waals surface area contributed by atoms with Crippen molar-refractivity contribution in [3.05, 3.63) is 23.8 Å². The van der Waals surface area contributed by atoms with Crippen LogP contribution in [0, 0.1) is 0 Å². The van der Waals surface area contributed by atoms with Crippen LogP contribution in [0.2, 0.25) is 0 Å². The molecule has 0 radical (unpaired) electrons. The molecule has 1 unspecified atom stereocenters. The molecule has 1 aromatic rings. The van der Waals surface area contributed by atoms with Gasteiger partial charge < -0.3 is 16.6 Å². The fourth-order valence-electron chi connectivity index (χ4n) is 0.989. The molecule has 0 aliphatic rings. The molecule has 0 aromatic heterocycles. The molecule has 0 saturated heterocycles. The summed E-state index contributed by atoms with van der Waals surface area (Å²) in [5.74, 6) is -0.196. The third-order valence-corrected chi connectivity index (χ3v) is 1.85. The fraction of sp³-hybridized carbons (Fsp3) is 0.222. The maximum Gasteiger partial charge on any atom is 0.150 e. The van der Waals surface area contributed by atoms with Crippen molar-refractivity contribution in [2.45, 2.75) is 13.0 Å². The smallest absolute Gasteiger partial charge is 0.150 e. The van der Waals surface area contributed by atoms with Gasteiger partial charge in [-0.2, -0.15) is 0 Å². The molecule has 13 heavy (non-hydrogen) atoms. The van der Waals surface area contributed by atoms with E-state index in [9.17, 15) is 9.90 Å². The van der Waals surface area contributed by atoms with Crippen LogP contribution in [0.5, 0.6) is 5.75 Å².